The molecule has 0 saturated heterocycles. The second kappa shape index (κ2) is 8.92. The highest BCUT2D eigenvalue weighted by molar-refractivity contribution is 8.03. The van der Waals surface area contributed by atoms with Crippen LogP contribution in [0.1, 0.15) is 19.0 Å². The van der Waals surface area contributed by atoms with Crippen molar-refractivity contribution in [2.75, 3.05) is 13.7 Å². The SMILES string of the molecule is CN1CNC([N+](=O)[O-])=C1Sc1ncnc2nc[nH]c12.Cc1ncc([N+](=O)[O-])n1C(C)O. The summed E-state index contributed by atoms with van der Waals surface area (Å²) in [5.74, 6) is 0.220. The molecule has 1 atom stereocenters. The average molecular weight is 450 g/mol. The first kappa shape index (κ1) is 21.9. The van der Waals surface area contributed by atoms with Crippen molar-refractivity contribution in [2.24, 2.45) is 0 Å². The van der Waals surface area contributed by atoms with E-state index in [0.717, 1.165) is 10.8 Å². The molecule has 164 valence electrons. The van der Waals surface area contributed by atoms with Crippen LogP contribution in [0.2, 0.25) is 0 Å². The Morgan fingerprint density at radius 1 is 1.23 bits per heavy atom. The van der Waals surface area contributed by atoms with Gasteiger partial charge < -0.3 is 35.2 Å². The van der Waals surface area contributed by atoms with E-state index in [1.807, 2.05) is 0 Å². The first-order valence-corrected chi connectivity index (χ1v) is 9.54. The number of fused-ring (bicyclic) bond motifs is 1. The first-order valence-electron chi connectivity index (χ1n) is 8.72. The van der Waals surface area contributed by atoms with Gasteiger partial charge in [0.15, 0.2) is 29.4 Å². The van der Waals surface area contributed by atoms with Crippen LogP contribution in [0, 0.1) is 27.2 Å². The number of aromatic amines is 1. The minimum atomic E-state index is -0.923. The van der Waals surface area contributed by atoms with Gasteiger partial charge in [0.05, 0.1) is 6.33 Å². The molecule has 0 aromatic carbocycles. The molecular weight excluding hydrogens is 432 g/mol. The third-order valence-electron chi connectivity index (χ3n) is 4.12. The van der Waals surface area contributed by atoms with E-state index < -0.39 is 16.1 Å². The summed E-state index contributed by atoms with van der Waals surface area (Å²) in [6.45, 7) is 3.44. The van der Waals surface area contributed by atoms with Gasteiger partial charge in [0.25, 0.3) is 0 Å². The molecule has 31 heavy (non-hydrogen) atoms. The number of hydrogen-bond acceptors (Lipinski definition) is 12. The smallest absolute Gasteiger partial charge is 0.348 e. The second-order valence-electron chi connectivity index (χ2n) is 6.25. The standard InChI is InChI=1S/C9H9N7O2S.C6H9N3O3/c1-15-4-14-7(16(17)18)9(15)19-8-5-6(11-2-10-5)12-3-13-8;1-4-7-3-6(9(11)12)8(4)5(2)10/h2-3,14H,4H2,1H3,(H,10,11,12,13);3,5,10H,1-2H3. The monoisotopic (exact) mass is 450 g/mol. The Kier molecular flexibility index (Phi) is 6.30. The van der Waals surface area contributed by atoms with Crippen LogP contribution >= 0.6 is 11.8 Å². The average Bonchev–Trinajstić information content (AvgIpc) is 3.41. The molecule has 0 spiro atoms. The van der Waals surface area contributed by atoms with Crippen LogP contribution in [0.15, 0.2) is 34.7 Å². The number of hydrogen-bond donors (Lipinski definition) is 3. The van der Waals surface area contributed by atoms with E-state index in [1.165, 1.54) is 31.3 Å². The maximum Gasteiger partial charge on any atom is 0.348 e. The molecule has 4 rings (SSSR count). The number of nitro groups is 2. The number of aliphatic hydroxyl groups is 1. The van der Waals surface area contributed by atoms with Gasteiger partial charge in [0.2, 0.25) is 0 Å². The highest BCUT2D eigenvalue weighted by Gasteiger charge is 2.30. The third-order valence-corrected chi connectivity index (χ3v) is 5.32. The van der Waals surface area contributed by atoms with Gasteiger partial charge in [0, 0.05) is 20.9 Å². The lowest BCUT2D eigenvalue weighted by molar-refractivity contribution is -0.430. The zero-order valence-electron chi connectivity index (χ0n) is 16.6. The lowest BCUT2D eigenvalue weighted by Crippen LogP contribution is -2.19. The molecule has 0 amide bonds. The number of imidazole rings is 2. The van der Waals surface area contributed by atoms with Gasteiger partial charge in [-0.2, -0.15) is 4.57 Å². The summed E-state index contributed by atoms with van der Waals surface area (Å²) in [5.41, 5.74) is 1.21. The van der Waals surface area contributed by atoms with Crippen LogP contribution in [-0.4, -0.2) is 63.1 Å². The zero-order valence-corrected chi connectivity index (χ0v) is 17.4. The Hall–Kier alpha value is -3.79. The topological polar surface area (TPSA) is 194 Å². The van der Waals surface area contributed by atoms with Gasteiger partial charge in [-0.15, -0.1) is 0 Å². The molecule has 0 saturated carbocycles. The summed E-state index contributed by atoms with van der Waals surface area (Å²) < 4.78 is 1.15. The van der Waals surface area contributed by atoms with Crippen molar-refractivity contribution in [3.63, 3.8) is 0 Å². The molecule has 0 radical (unpaired) electrons. The van der Waals surface area contributed by atoms with Gasteiger partial charge in [-0.3, -0.25) is 5.32 Å². The van der Waals surface area contributed by atoms with Crippen LogP contribution in [0.25, 0.3) is 11.2 Å². The number of thioether (sulfide) groups is 1. The summed E-state index contributed by atoms with van der Waals surface area (Å²) >= 11 is 1.21. The first-order chi connectivity index (χ1) is 14.7. The molecule has 0 bridgehead atoms. The molecular formula is C15H18N10O5S. The Bertz CT molecular complexity index is 1160. The van der Waals surface area contributed by atoms with Crippen LogP contribution in [0.4, 0.5) is 5.82 Å². The summed E-state index contributed by atoms with van der Waals surface area (Å²) in [6.07, 6.45) is 3.11. The van der Waals surface area contributed by atoms with Crippen molar-refractivity contribution in [2.45, 2.75) is 25.1 Å². The van der Waals surface area contributed by atoms with Crippen molar-refractivity contribution < 1.29 is 15.0 Å². The number of nitrogens with one attached hydrogen (secondary N) is 2. The number of nitrogens with zero attached hydrogens (tertiary/aromatic N) is 8. The van der Waals surface area contributed by atoms with Gasteiger partial charge in [-0.05, 0) is 21.6 Å². The molecule has 0 fully saturated rings. The molecule has 1 aliphatic rings. The van der Waals surface area contributed by atoms with E-state index in [2.05, 4.69) is 30.2 Å². The normalized spacial score (nSPS) is 14.3. The number of aromatic nitrogens is 6. The largest absolute Gasteiger partial charge is 0.358 e. The molecule has 3 N–H and O–H groups in total. The predicted molar refractivity (Wildman–Crippen MR) is 108 cm³/mol. The van der Waals surface area contributed by atoms with Crippen LogP contribution in [-0.2, 0) is 0 Å². The summed E-state index contributed by atoms with van der Waals surface area (Å²) in [6, 6.07) is 0. The summed E-state index contributed by atoms with van der Waals surface area (Å²) in [7, 11) is 1.77. The molecule has 1 unspecified atom stereocenters. The van der Waals surface area contributed by atoms with Crippen molar-refractivity contribution in [1.82, 2.24) is 39.7 Å². The number of aliphatic hydroxyl groups excluding tert-OH is 1. The van der Waals surface area contributed by atoms with Crippen molar-refractivity contribution in [3.8, 4) is 0 Å². The quantitative estimate of drug-likeness (QED) is 0.283. The highest BCUT2D eigenvalue weighted by Crippen LogP contribution is 2.33. The maximum absolute atomic E-state index is 11.0. The second-order valence-corrected chi connectivity index (χ2v) is 7.23. The Labute approximate surface area is 178 Å². The molecule has 1 aliphatic heterocycles. The van der Waals surface area contributed by atoms with E-state index in [9.17, 15) is 20.2 Å². The molecule has 3 aromatic heterocycles. The van der Waals surface area contributed by atoms with Crippen LogP contribution in [0.5, 0.6) is 0 Å². The van der Waals surface area contributed by atoms with E-state index in [-0.39, 0.29) is 11.6 Å². The Morgan fingerprint density at radius 2 is 1.97 bits per heavy atom. The maximum atomic E-state index is 11.0. The van der Waals surface area contributed by atoms with E-state index in [1.54, 1.807) is 18.9 Å². The number of aryl methyl sites for hydroxylation is 1. The number of rotatable bonds is 5. The van der Waals surface area contributed by atoms with Crippen molar-refractivity contribution in [1.29, 1.82) is 0 Å². The fourth-order valence-electron chi connectivity index (χ4n) is 2.74. The molecule has 16 heteroatoms. The molecule has 15 nitrogen and oxygen atoms in total. The van der Waals surface area contributed by atoms with Crippen LogP contribution < -0.4 is 5.32 Å². The van der Waals surface area contributed by atoms with E-state index in [0.29, 0.717) is 33.7 Å². The third kappa shape index (κ3) is 4.53. The molecule has 0 aliphatic carbocycles. The predicted octanol–water partition coefficient (Wildman–Crippen LogP) is 0.951. The van der Waals surface area contributed by atoms with Gasteiger partial charge >= 0.3 is 11.6 Å². The fourth-order valence-corrected chi connectivity index (χ4v) is 3.74. The van der Waals surface area contributed by atoms with E-state index >= 15 is 0 Å². The van der Waals surface area contributed by atoms with Gasteiger partial charge in [0.1, 0.15) is 23.1 Å². The number of H-pyrrole nitrogens is 1. The fraction of sp³-hybridized carbons (Fsp3) is 0.333. The minimum absolute atomic E-state index is 0.0150. The summed E-state index contributed by atoms with van der Waals surface area (Å²) in [4.78, 5) is 40.9. The van der Waals surface area contributed by atoms with E-state index in [4.69, 9.17) is 5.11 Å². The van der Waals surface area contributed by atoms with Gasteiger partial charge in [-0.25, -0.2) is 19.9 Å². The lowest BCUT2D eigenvalue weighted by Gasteiger charge is -2.10. The van der Waals surface area contributed by atoms with Crippen molar-refractivity contribution >= 4 is 28.7 Å². The Balaban J connectivity index is 0.000000196. The van der Waals surface area contributed by atoms with Crippen LogP contribution in [0.3, 0.4) is 0 Å². The minimum Gasteiger partial charge on any atom is -0.358 e. The van der Waals surface area contributed by atoms with Crippen molar-refractivity contribution in [3.05, 3.63) is 55.8 Å². The lowest BCUT2D eigenvalue weighted by atomic mass is 10.5. The zero-order chi connectivity index (χ0) is 22.7. The Morgan fingerprint density at radius 3 is 2.58 bits per heavy atom. The highest BCUT2D eigenvalue weighted by atomic mass is 32.2. The summed E-state index contributed by atoms with van der Waals surface area (Å²) in [5, 5.41) is 34.3. The molecule has 4 heterocycles. The van der Waals surface area contributed by atoms with Gasteiger partial charge in [-0.1, -0.05) is 0 Å². The molecule has 3 aromatic rings.